The number of alkyl halides is 3. The molecule has 182 valence electrons. The van der Waals surface area contributed by atoms with Crippen molar-refractivity contribution in [3.05, 3.63) is 58.8 Å². The molecular formula is C24H28F3N5O2. The fourth-order valence-corrected chi connectivity index (χ4v) is 4.64. The summed E-state index contributed by atoms with van der Waals surface area (Å²) >= 11 is 0. The van der Waals surface area contributed by atoms with Crippen LogP contribution < -0.4 is 21.7 Å². The molecule has 5 N–H and O–H groups in total. The van der Waals surface area contributed by atoms with Crippen molar-refractivity contribution >= 4 is 17.6 Å². The van der Waals surface area contributed by atoms with Crippen LogP contribution >= 0.6 is 0 Å². The van der Waals surface area contributed by atoms with Crippen LogP contribution in [0.25, 0.3) is 0 Å². The van der Waals surface area contributed by atoms with Gasteiger partial charge < -0.3 is 21.7 Å². The predicted octanol–water partition coefficient (Wildman–Crippen LogP) is 2.51. The number of benzene rings is 1. The van der Waals surface area contributed by atoms with Crippen molar-refractivity contribution in [3.8, 4) is 0 Å². The van der Waals surface area contributed by atoms with E-state index in [1.165, 1.54) is 12.1 Å². The third-order valence-corrected chi connectivity index (χ3v) is 6.49. The van der Waals surface area contributed by atoms with E-state index in [1.54, 1.807) is 13.0 Å². The monoisotopic (exact) mass is 475 g/mol. The van der Waals surface area contributed by atoms with E-state index in [0.29, 0.717) is 25.2 Å². The van der Waals surface area contributed by atoms with Gasteiger partial charge in [0.1, 0.15) is 11.9 Å². The van der Waals surface area contributed by atoms with Gasteiger partial charge in [-0.25, -0.2) is 4.98 Å². The Labute approximate surface area is 195 Å². The number of rotatable bonds is 6. The van der Waals surface area contributed by atoms with Gasteiger partial charge in [0.2, 0.25) is 11.8 Å². The van der Waals surface area contributed by atoms with Gasteiger partial charge in [0.25, 0.3) is 0 Å². The summed E-state index contributed by atoms with van der Waals surface area (Å²) in [5.41, 5.74) is 7.67. The second-order valence-electron chi connectivity index (χ2n) is 9.06. The highest BCUT2D eigenvalue weighted by molar-refractivity contribution is 5.89. The first-order valence-corrected chi connectivity index (χ1v) is 11.4. The fraction of sp³-hybridized carbons (Fsp3) is 0.458. The first-order valence-electron chi connectivity index (χ1n) is 11.4. The Kier molecular flexibility index (Phi) is 6.79. The Balaban J connectivity index is 1.25. The number of aryl methyl sites for hydroxylation is 1. The van der Waals surface area contributed by atoms with Crippen molar-refractivity contribution in [1.29, 1.82) is 0 Å². The highest BCUT2D eigenvalue weighted by Crippen LogP contribution is 2.31. The molecule has 1 aliphatic carbocycles. The number of anilines is 1. The molecule has 0 unspecified atom stereocenters. The van der Waals surface area contributed by atoms with Gasteiger partial charge in [-0.3, -0.25) is 9.59 Å². The summed E-state index contributed by atoms with van der Waals surface area (Å²) in [6, 6.07) is 7.38. The lowest BCUT2D eigenvalue weighted by atomic mass is 9.96. The topological polar surface area (TPSA) is 109 Å². The average molecular weight is 476 g/mol. The SMILES string of the molecule is C[C@H](NC(=O)[C@H]1C[C@H](Cc2ccc(C(F)(F)F)cc2)CN1)C(=O)N[C@H]1CCc2nc(N)ccc21. The number of hydrogen-bond donors (Lipinski definition) is 4. The highest BCUT2D eigenvalue weighted by Gasteiger charge is 2.33. The van der Waals surface area contributed by atoms with Crippen molar-refractivity contribution in [2.45, 2.75) is 56.9 Å². The van der Waals surface area contributed by atoms with Crippen molar-refractivity contribution < 1.29 is 22.8 Å². The number of carbonyl (C=O) groups excluding carboxylic acids is 2. The molecule has 4 rings (SSSR count). The number of nitrogens with zero attached hydrogens (tertiary/aromatic N) is 1. The van der Waals surface area contributed by atoms with Gasteiger partial charge >= 0.3 is 6.18 Å². The Morgan fingerprint density at radius 3 is 2.65 bits per heavy atom. The smallest absolute Gasteiger partial charge is 0.384 e. The maximum atomic E-state index is 12.7. The van der Waals surface area contributed by atoms with E-state index in [1.807, 2.05) is 6.07 Å². The summed E-state index contributed by atoms with van der Waals surface area (Å²) < 4.78 is 38.2. The van der Waals surface area contributed by atoms with E-state index in [0.717, 1.165) is 41.8 Å². The summed E-state index contributed by atoms with van der Waals surface area (Å²) in [6.45, 7) is 2.22. The van der Waals surface area contributed by atoms with Crippen LogP contribution in [0.1, 0.15) is 48.2 Å². The van der Waals surface area contributed by atoms with Crippen LogP contribution in [-0.4, -0.2) is 35.4 Å². The lowest BCUT2D eigenvalue weighted by Crippen LogP contribution is -2.50. The standard InChI is InChI=1S/C24H28F3N5O2/c1-13(22(33)32-19-8-7-18-17(19)6-9-21(28)31-18)30-23(34)20-11-15(12-29-20)10-14-2-4-16(5-3-14)24(25,26)27/h2-6,9,13,15,19-20,29H,7-8,10-12H2,1H3,(H2,28,31)(H,30,34)(H,32,33)/t13-,15-,19-,20+/m0/s1. The molecule has 0 spiro atoms. The van der Waals surface area contributed by atoms with Crippen molar-refractivity contribution in [2.24, 2.45) is 5.92 Å². The third kappa shape index (κ3) is 5.49. The minimum atomic E-state index is -4.36. The van der Waals surface area contributed by atoms with Crippen LogP contribution in [-0.2, 0) is 28.6 Å². The minimum Gasteiger partial charge on any atom is -0.384 e. The third-order valence-electron chi connectivity index (χ3n) is 6.49. The summed E-state index contributed by atoms with van der Waals surface area (Å²) in [4.78, 5) is 29.6. The number of nitrogens with one attached hydrogen (secondary N) is 3. The first kappa shape index (κ1) is 24.0. The van der Waals surface area contributed by atoms with Crippen LogP contribution in [0.3, 0.4) is 0 Å². The van der Waals surface area contributed by atoms with E-state index in [9.17, 15) is 22.8 Å². The molecule has 1 aromatic heterocycles. The van der Waals surface area contributed by atoms with Crippen LogP contribution in [0, 0.1) is 5.92 Å². The predicted molar refractivity (Wildman–Crippen MR) is 121 cm³/mol. The summed E-state index contributed by atoms with van der Waals surface area (Å²) in [5.74, 6) is 0.0275. The minimum absolute atomic E-state index is 0.117. The molecule has 4 atom stereocenters. The molecule has 2 amide bonds. The molecule has 0 radical (unpaired) electrons. The van der Waals surface area contributed by atoms with Crippen LogP contribution in [0.2, 0.25) is 0 Å². The number of fused-ring (bicyclic) bond motifs is 1. The van der Waals surface area contributed by atoms with Gasteiger partial charge in [0, 0.05) is 5.69 Å². The van der Waals surface area contributed by atoms with Crippen LogP contribution in [0.15, 0.2) is 36.4 Å². The number of carbonyl (C=O) groups is 2. The molecule has 34 heavy (non-hydrogen) atoms. The Morgan fingerprint density at radius 1 is 1.21 bits per heavy atom. The fourth-order valence-electron chi connectivity index (χ4n) is 4.64. The Hall–Kier alpha value is -3.14. The van der Waals surface area contributed by atoms with E-state index < -0.39 is 23.8 Å². The van der Waals surface area contributed by atoms with Gasteiger partial charge in [-0.1, -0.05) is 18.2 Å². The second-order valence-corrected chi connectivity index (χ2v) is 9.06. The zero-order chi connectivity index (χ0) is 24.5. The van der Waals surface area contributed by atoms with E-state index in [2.05, 4.69) is 20.9 Å². The molecule has 2 aliphatic rings. The van der Waals surface area contributed by atoms with Gasteiger partial charge in [-0.2, -0.15) is 13.2 Å². The molecule has 2 aromatic rings. The van der Waals surface area contributed by atoms with Crippen LogP contribution in [0.4, 0.5) is 19.0 Å². The van der Waals surface area contributed by atoms with E-state index >= 15 is 0 Å². The van der Waals surface area contributed by atoms with Crippen molar-refractivity contribution in [3.63, 3.8) is 0 Å². The number of hydrogen-bond acceptors (Lipinski definition) is 5. The van der Waals surface area contributed by atoms with E-state index in [4.69, 9.17) is 5.73 Å². The lowest BCUT2D eigenvalue weighted by Gasteiger charge is -2.20. The Bertz CT molecular complexity index is 1060. The van der Waals surface area contributed by atoms with Gasteiger partial charge in [0.05, 0.1) is 17.6 Å². The number of amides is 2. The molecule has 2 heterocycles. The van der Waals surface area contributed by atoms with Crippen LogP contribution in [0.5, 0.6) is 0 Å². The zero-order valence-corrected chi connectivity index (χ0v) is 18.8. The molecular weight excluding hydrogens is 447 g/mol. The number of halogens is 3. The first-order chi connectivity index (χ1) is 16.1. The summed E-state index contributed by atoms with van der Waals surface area (Å²) in [6.07, 6.45) is -1.77. The molecule has 10 heteroatoms. The largest absolute Gasteiger partial charge is 0.416 e. The summed E-state index contributed by atoms with van der Waals surface area (Å²) in [7, 11) is 0. The molecule has 1 fully saturated rings. The maximum Gasteiger partial charge on any atom is 0.416 e. The van der Waals surface area contributed by atoms with Crippen molar-refractivity contribution in [1.82, 2.24) is 20.9 Å². The number of pyridine rings is 1. The van der Waals surface area contributed by atoms with Gasteiger partial charge in [-0.15, -0.1) is 0 Å². The average Bonchev–Trinajstić information content (AvgIpc) is 3.40. The van der Waals surface area contributed by atoms with E-state index in [-0.39, 0.29) is 23.8 Å². The zero-order valence-electron chi connectivity index (χ0n) is 18.8. The van der Waals surface area contributed by atoms with Gasteiger partial charge in [0.15, 0.2) is 0 Å². The lowest BCUT2D eigenvalue weighted by molar-refractivity contribution is -0.137. The maximum absolute atomic E-state index is 12.7. The second kappa shape index (κ2) is 9.61. The Morgan fingerprint density at radius 2 is 1.94 bits per heavy atom. The normalized spacial score (nSPS) is 22.8. The quantitative estimate of drug-likeness (QED) is 0.514. The number of aromatic nitrogens is 1. The molecule has 0 bridgehead atoms. The molecule has 7 nitrogen and oxygen atoms in total. The summed E-state index contributed by atoms with van der Waals surface area (Å²) in [5, 5.41) is 8.89. The number of nitrogen functional groups attached to an aromatic ring is 1. The molecule has 1 aromatic carbocycles. The highest BCUT2D eigenvalue weighted by atomic mass is 19.4. The van der Waals surface area contributed by atoms with Crippen molar-refractivity contribution in [2.75, 3.05) is 12.3 Å². The van der Waals surface area contributed by atoms with Gasteiger partial charge in [-0.05, 0) is 74.4 Å². The number of nitrogens with two attached hydrogens (primary N) is 1. The molecule has 1 saturated heterocycles. The molecule has 0 saturated carbocycles. The molecule has 1 aliphatic heterocycles.